The first-order valence-electron chi connectivity index (χ1n) is 5.84. The van der Waals surface area contributed by atoms with E-state index in [-0.39, 0.29) is 5.41 Å². The first-order chi connectivity index (χ1) is 7.58. The third-order valence-electron chi connectivity index (χ3n) is 3.60. The van der Waals surface area contributed by atoms with Gasteiger partial charge in [-0.3, -0.25) is 0 Å². The van der Waals surface area contributed by atoms with Crippen LogP contribution in [0.5, 0.6) is 11.5 Å². The van der Waals surface area contributed by atoms with E-state index in [9.17, 15) is 0 Å². The minimum Gasteiger partial charge on any atom is -0.497 e. The van der Waals surface area contributed by atoms with Crippen LogP contribution in [-0.4, -0.2) is 14.2 Å². The minimum atomic E-state index is 0.232. The Bertz CT molecular complexity index is 394. The van der Waals surface area contributed by atoms with E-state index < -0.39 is 0 Å². The maximum absolute atomic E-state index is 5.47. The van der Waals surface area contributed by atoms with Crippen molar-refractivity contribution in [2.45, 2.75) is 38.5 Å². The molecule has 0 unspecified atom stereocenters. The molecule has 0 saturated heterocycles. The Morgan fingerprint density at radius 2 is 1.88 bits per heavy atom. The molecule has 0 heterocycles. The Balaban J connectivity index is 2.60. The van der Waals surface area contributed by atoms with E-state index in [1.807, 2.05) is 6.07 Å². The highest BCUT2D eigenvalue weighted by atomic mass is 16.5. The van der Waals surface area contributed by atoms with E-state index >= 15 is 0 Å². The van der Waals surface area contributed by atoms with Crippen molar-refractivity contribution < 1.29 is 9.47 Å². The Labute approximate surface area is 97.6 Å². The van der Waals surface area contributed by atoms with Crippen LogP contribution in [0.25, 0.3) is 0 Å². The standard InChI is InChI=1S/C14H20O2/c1-14(2)7-5-6-11-12(14)8-10(15-3)9-13(11)16-4/h8-9H,5-7H2,1-4H3. The Morgan fingerprint density at radius 1 is 1.12 bits per heavy atom. The molecule has 2 rings (SSSR count). The molecular formula is C14H20O2. The van der Waals surface area contributed by atoms with Gasteiger partial charge in [0.25, 0.3) is 0 Å². The summed E-state index contributed by atoms with van der Waals surface area (Å²) >= 11 is 0. The van der Waals surface area contributed by atoms with Crippen LogP contribution < -0.4 is 9.47 Å². The monoisotopic (exact) mass is 220 g/mol. The molecule has 0 spiro atoms. The smallest absolute Gasteiger partial charge is 0.126 e. The van der Waals surface area contributed by atoms with Gasteiger partial charge in [0.05, 0.1) is 14.2 Å². The van der Waals surface area contributed by atoms with E-state index in [0.29, 0.717) is 0 Å². The molecule has 0 atom stereocenters. The van der Waals surface area contributed by atoms with Crippen LogP contribution in [0.4, 0.5) is 0 Å². The van der Waals surface area contributed by atoms with Gasteiger partial charge in [-0.25, -0.2) is 0 Å². The molecule has 0 saturated carbocycles. The highest BCUT2D eigenvalue weighted by molar-refractivity contribution is 5.50. The number of hydrogen-bond donors (Lipinski definition) is 0. The third kappa shape index (κ3) is 1.77. The van der Waals surface area contributed by atoms with Crippen LogP contribution in [-0.2, 0) is 11.8 Å². The molecule has 1 aromatic rings. The van der Waals surface area contributed by atoms with Gasteiger partial charge < -0.3 is 9.47 Å². The summed E-state index contributed by atoms with van der Waals surface area (Å²) in [5, 5.41) is 0. The number of fused-ring (bicyclic) bond motifs is 1. The lowest BCUT2D eigenvalue weighted by Gasteiger charge is -2.33. The highest BCUT2D eigenvalue weighted by Gasteiger charge is 2.29. The van der Waals surface area contributed by atoms with Crippen molar-refractivity contribution in [3.63, 3.8) is 0 Å². The lowest BCUT2D eigenvalue weighted by Crippen LogP contribution is -2.24. The van der Waals surface area contributed by atoms with E-state index in [1.165, 1.54) is 24.0 Å². The van der Waals surface area contributed by atoms with Gasteiger partial charge in [-0.1, -0.05) is 13.8 Å². The third-order valence-corrected chi connectivity index (χ3v) is 3.60. The van der Waals surface area contributed by atoms with Crippen molar-refractivity contribution in [2.75, 3.05) is 14.2 Å². The van der Waals surface area contributed by atoms with Gasteiger partial charge in [0.1, 0.15) is 11.5 Å². The number of benzene rings is 1. The molecule has 0 fully saturated rings. The second-order valence-electron chi connectivity index (χ2n) is 5.09. The molecule has 0 N–H and O–H groups in total. The summed E-state index contributed by atoms with van der Waals surface area (Å²) in [6, 6.07) is 4.15. The molecular weight excluding hydrogens is 200 g/mol. The maximum Gasteiger partial charge on any atom is 0.126 e. The number of methoxy groups -OCH3 is 2. The molecule has 1 aliphatic carbocycles. The minimum absolute atomic E-state index is 0.232. The van der Waals surface area contributed by atoms with Crippen molar-refractivity contribution in [1.29, 1.82) is 0 Å². The number of hydrogen-bond acceptors (Lipinski definition) is 2. The second-order valence-corrected chi connectivity index (χ2v) is 5.09. The predicted octanol–water partition coefficient (Wildman–Crippen LogP) is 3.32. The topological polar surface area (TPSA) is 18.5 Å². The zero-order valence-electron chi connectivity index (χ0n) is 10.6. The normalized spacial score (nSPS) is 17.8. The van der Waals surface area contributed by atoms with Gasteiger partial charge in [-0.05, 0) is 41.9 Å². The van der Waals surface area contributed by atoms with Crippen molar-refractivity contribution in [3.05, 3.63) is 23.3 Å². The molecule has 16 heavy (non-hydrogen) atoms. The van der Waals surface area contributed by atoms with E-state index in [1.54, 1.807) is 14.2 Å². The zero-order valence-corrected chi connectivity index (χ0v) is 10.6. The molecule has 0 bridgehead atoms. The first-order valence-corrected chi connectivity index (χ1v) is 5.84. The summed E-state index contributed by atoms with van der Waals surface area (Å²) in [6.07, 6.45) is 3.59. The summed E-state index contributed by atoms with van der Waals surface area (Å²) in [7, 11) is 3.44. The van der Waals surface area contributed by atoms with Crippen LogP contribution in [0.2, 0.25) is 0 Å². The maximum atomic E-state index is 5.47. The van der Waals surface area contributed by atoms with Gasteiger partial charge in [0.15, 0.2) is 0 Å². The fourth-order valence-corrected chi connectivity index (χ4v) is 2.62. The predicted molar refractivity (Wildman–Crippen MR) is 65.5 cm³/mol. The molecule has 0 radical (unpaired) electrons. The van der Waals surface area contributed by atoms with Crippen LogP contribution in [0, 0.1) is 0 Å². The molecule has 88 valence electrons. The van der Waals surface area contributed by atoms with Crippen molar-refractivity contribution >= 4 is 0 Å². The van der Waals surface area contributed by atoms with Crippen LogP contribution in [0.15, 0.2) is 12.1 Å². The van der Waals surface area contributed by atoms with Crippen molar-refractivity contribution in [3.8, 4) is 11.5 Å². The molecule has 0 aromatic heterocycles. The molecule has 1 aromatic carbocycles. The number of ether oxygens (including phenoxy) is 2. The summed E-state index contributed by atoms with van der Waals surface area (Å²) in [5.41, 5.74) is 2.98. The molecule has 2 heteroatoms. The molecule has 0 aliphatic heterocycles. The summed E-state index contributed by atoms with van der Waals surface area (Å²) in [5.74, 6) is 1.87. The Hall–Kier alpha value is -1.18. The van der Waals surface area contributed by atoms with E-state index in [2.05, 4.69) is 19.9 Å². The molecule has 2 nitrogen and oxygen atoms in total. The lowest BCUT2D eigenvalue weighted by molar-refractivity contribution is 0.370. The Morgan fingerprint density at radius 3 is 2.50 bits per heavy atom. The molecule has 0 amide bonds. The first kappa shape index (κ1) is 11.3. The van der Waals surface area contributed by atoms with E-state index in [0.717, 1.165) is 17.9 Å². The lowest BCUT2D eigenvalue weighted by atomic mass is 9.72. The zero-order chi connectivity index (χ0) is 11.8. The van der Waals surface area contributed by atoms with Gasteiger partial charge >= 0.3 is 0 Å². The summed E-state index contributed by atoms with van der Waals surface area (Å²) in [6.45, 7) is 4.59. The highest BCUT2D eigenvalue weighted by Crippen LogP contribution is 2.42. The SMILES string of the molecule is COc1cc(OC)c2c(c1)C(C)(C)CCC2. The second kappa shape index (κ2) is 4.00. The largest absolute Gasteiger partial charge is 0.497 e. The van der Waals surface area contributed by atoms with Crippen LogP contribution >= 0.6 is 0 Å². The fourth-order valence-electron chi connectivity index (χ4n) is 2.62. The number of rotatable bonds is 2. The van der Waals surface area contributed by atoms with Gasteiger partial charge in [0, 0.05) is 6.07 Å². The molecule has 1 aliphatic rings. The van der Waals surface area contributed by atoms with Crippen molar-refractivity contribution in [1.82, 2.24) is 0 Å². The van der Waals surface area contributed by atoms with Crippen LogP contribution in [0.3, 0.4) is 0 Å². The van der Waals surface area contributed by atoms with Gasteiger partial charge in [-0.15, -0.1) is 0 Å². The fraction of sp³-hybridized carbons (Fsp3) is 0.571. The quantitative estimate of drug-likeness (QED) is 0.761. The average Bonchev–Trinajstić information content (AvgIpc) is 2.27. The summed E-state index contributed by atoms with van der Waals surface area (Å²) < 4.78 is 10.8. The Kier molecular flexibility index (Phi) is 2.83. The average molecular weight is 220 g/mol. The summed E-state index contributed by atoms with van der Waals surface area (Å²) in [4.78, 5) is 0. The van der Waals surface area contributed by atoms with Crippen molar-refractivity contribution in [2.24, 2.45) is 0 Å². The van der Waals surface area contributed by atoms with E-state index in [4.69, 9.17) is 9.47 Å². The van der Waals surface area contributed by atoms with Crippen LogP contribution in [0.1, 0.15) is 37.8 Å². The van der Waals surface area contributed by atoms with Gasteiger partial charge in [0.2, 0.25) is 0 Å². The van der Waals surface area contributed by atoms with Gasteiger partial charge in [-0.2, -0.15) is 0 Å².